The summed E-state index contributed by atoms with van der Waals surface area (Å²) in [7, 11) is 1.87. The van der Waals surface area contributed by atoms with Crippen LogP contribution in [0.4, 0.5) is 5.69 Å². The number of aromatic nitrogens is 1. The molecule has 0 spiro atoms. The largest absolute Gasteiger partial charge is 0.317 e. The highest BCUT2D eigenvalue weighted by Gasteiger charge is 2.28. The summed E-state index contributed by atoms with van der Waals surface area (Å²) in [5, 5.41) is 14.2. The Bertz CT molecular complexity index is 393. The van der Waals surface area contributed by atoms with E-state index in [4.69, 9.17) is 0 Å². The van der Waals surface area contributed by atoms with Crippen molar-refractivity contribution in [3.05, 3.63) is 34.1 Å². The van der Waals surface area contributed by atoms with Gasteiger partial charge in [0.05, 0.1) is 4.92 Å². The minimum atomic E-state index is -0.361. The zero-order valence-corrected chi connectivity index (χ0v) is 10.7. The van der Waals surface area contributed by atoms with Crippen LogP contribution in [0.3, 0.4) is 0 Å². The molecule has 0 bridgehead atoms. The molecule has 5 nitrogen and oxygen atoms in total. The highest BCUT2D eigenvalue weighted by atomic mass is 16.6. The van der Waals surface area contributed by atoms with E-state index in [1.54, 1.807) is 12.3 Å². The molecule has 2 unspecified atom stereocenters. The molecule has 0 aliphatic heterocycles. The summed E-state index contributed by atoms with van der Waals surface area (Å²) in [4.78, 5) is 14.5. The van der Waals surface area contributed by atoms with E-state index in [1.807, 2.05) is 14.0 Å². The number of likely N-dealkylation sites (N-methyl/N-ethyl adjacent to an activating group) is 1. The first-order valence-electron chi connectivity index (χ1n) is 5.74. The first kappa shape index (κ1) is 13.6. The Labute approximate surface area is 101 Å². The van der Waals surface area contributed by atoms with Crippen LogP contribution in [-0.2, 0) is 0 Å². The highest BCUT2D eigenvalue weighted by Crippen LogP contribution is 2.33. The van der Waals surface area contributed by atoms with E-state index in [0.717, 1.165) is 5.56 Å². The lowest BCUT2D eigenvalue weighted by molar-refractivity contribution is -0.386. The van der Waals surface area contributed by atoms with Crippen molar-refractivity contribution in [2.24, 2.45) is 5.92 Å². The van der Waals surface area contributed by atoms with Crippen LogP contribution in [0.1, 0.15) is 32.3 Å². The lowest BCUT2D eigenvalue weighted by atomic mass is 9.83. The summed E-state index contributed by atoms with van der Waals surface area (Å²) >= 11 is 0. The molecule has 0 aliphatic carbocycles. The van der Waals surface area contributed by atoms with Crippen molar-refractivity contribution in [3.8, 4) is 0 Å². The zero-order valence-electron chi connectivity index (χ0n) is 10.7. The average molecular weight is 237 g/mol. The standard InChI is InChI=1S/C12H19N3O2/c1-8(2)12(9(3)13-4)10-5-6-14-7-11(10)15(16)17/h5-9,12-13H,1-4H3. The Morgan fingerprint density at radius 3 is 2.53 bits per heavy atom. The van der Waals surface area contributed by atoms with Crippen molar-refractivity contribution in [1.82, 2.24) is 10.3 Å². The summed E-state index contributed by atoms with van der Waals surface area (Å²) in [5.41, 5.74) is 0.857. The van der Waals surface area contributed by atoms with Crippen LogP contribution in [0.15, 0.2) is 18.5 Å². The smallest absolute Gasteiger partial charge is 0.291 e. The van der Waals surface area contributed by atoms with Gasteiger partial charge in [-0.05, 0) is 26.0 Å². The van der Waals surface area contributed by atoms with Gasteiger partial charge in [-0.15, -0.1) is 0 Å². The van der Waals surface area contributed by atoms with Gasteiger partial charge in [0, 0.05) is 23.7 Å². The summed E-state index contributed by atoms with van der Waals surface area (Å²) < 4.78 is 0. The molecule has 1 heterocycles. The quantitative estimate of drug-likeness (QED) is 0.630. The second kappa shape index (κ2) is 5.72. The van der Waals surface area contributed by atoms with Crippen LogP contribution < -0.4 is 5.32 Å². The number of hydrogen-bond donors (Lipinski definition) is 1. The number of nitrogens with one attached hydrogen (secondary N) is 1. The summed E-state index contributed by atoms with van der Waals surface area (Å²) in [6.45, 7) is 6.18. The van der Waals surface area contributed by atoms with Crippen molar-refractivity contribution in [2.45, 2.75) is 32.7 Å². The molecule has 0 saturated heterocycles. The van der Waals surface area contributed by atoms with Crippen molar-refractivity contribution in [2.75, 3.05) is 7.05 Å². The van der Waals surface area contributed by atoms with E-state index in [-0.39, 0.29) is 22.6 Å². The second-order valence-electron chi connectivity index (χ2n) is 4.54. The van der Waals surface area contributed by atoms with E-state index < -0.39 is 0 Å². The van der Waals surface area contributed by atoms with Crippen LogP contribution in [0.5, 0.6) is 0 Å². The number of nitro groups is 1. The Morgan fingerprint density at radius 2 is 2.06 bits per heavy atom. The maximum Gasteiger partial charge on any atom is 0.291 e. The van der Waals surface area contributed by atoms with Gasteiger partial charge in [0.2, 0.25) is 0 Å². The minimum Gasteiger partial charge on any atom is -0.317 e. The van der Waals surface area contributed by atoms with Gasteiger partial charge in [0.1, 0.15) is 6.20 Å². The third-order valence-electron chi connectivity index (χ3n) is 3.10. The summed E-state index contributed by atoms with van der Waals surface area (Å²) in [6, 6.07) is 1.92. The normalized spacial score (nSPS) is 14.6. The first-order chi connectivity index (χ1) is 7.99. The minimum absolute atomic E-state index is 0.100. The molecule has 17 heavy (non-hydrogen) atoms. The highest BCUT2D eigenvalue weighted by molar-refractivity contribution is 5.40. The third-order valence-corrected chi connectivity index (χ3v) is 3.10. The monoisotopic (exact) mass is 237 g/mol. The molecule has 0 radical (unpaired) electrons. The van der Waals surface area contributed by atoms with Crippen LogP contribution in [0.25, 0.3) is 0 Å². The van der Waals surface area contributed by atoms with Crippen LogP contribution in [0.2, 0.25) is 0 Å². The van der Waals surface area contributed by atoms with Crippen LogP contribution >= 0.6 is 0 Å². The van der Waals surface area contributed by atoms with E-state index in [2.05, 4.69) is 24.1 Å². The molecule has 0 aromatic carbocycles. The van der Waals surface area contributed by atoms with Crippen molar-refractivity contribution in [1.29, 1.82) is 0 Å². The Hall–Kier alpha value is -1.49. The Morgan fingerprint density at radius 1 is 1.41 bits per heavy atom. The molecular formula is C12H19N3O2. The number of hydrogen-bond acceptors (Lipinski definition) is 4. The topological polar surface area (TPSA) is 68.1 Å². The Kier molecular flexibility index (Phi) is 4.57. The maximum absolute atomic E-state index is 11.0. The molecule has 1 rings (SSSR count). The van der Waals surface area contributed by atoms with Gasteiger partial charge in [-0.1, -0.05) is 13.8 Å². The molecule has 0 saturated carbocycles. The van der Waals surface area contributed by atoms with Gasteiger partial charge >= 0.3 is 0 Å². The molecule has 1 aromatic rings. The molecule has 0 amide bonds. The molecule has 1 aromatic heterocycles. The van der Waals surface area contributed by atoms with Crippen molar-refractivity contribution < 1.29 is 4.92 Å². The van der Waals surface area contributed by atoms with E-state index in [9.17, 15) is 10.1 Å². The lowest BCUT2D eigenvalue weighted by Crippen LogP contribution is -2.32. The predicted octanol–water partition coefficient (Wildman–Crippen LogP) is 2.34. The van der Waals surface area contributed by atoms with E-state index in [1.165, 1.54) is 6.20 Å². The molecule has 0 fully saturated rings. The number of nitrogens with zero attached hydrogens (tertiary/aromatic N) is 2. The summed E-state index contributed by atoms with van der Waals surface area (Å²) in [6.07, 6.45) is 2.94. The van der Waals surface area contributed by atoms with Gasteiger partial charge in [-0.25, -0.2) is 0 Å². The van der Waals surface area contributed by atoms with E-state index >= 15 is 0 Å². The Balaban J connectivity index is 3.23. The van der Waals surface area contributed by atoms with Crippen molar-refractivity contribution in [3.63, 3.8) is 0 Å². The van der Waals surface area contributed by atoms with Gasteiger partial charge in [-0.3, -0.25) is 15.1 Å². The fraction of sp³-hybridized carbons (Fsp3) is 0.583. The maximum atomic E-state index is 11.0. The van der Waals surface area contributed by atoms with Crippen molar-refractivity contribution >= 4 is 5.69 Å². The SMILES string of the molecule is CNC(C)C(c1ccncc1[N+](=O)[O-])C(C)C. The molecule has 0 aliphatic rings. The summed E-state index contributed by atoms with van der Waals surface area (Å²) in [5.74, 6) is 0.418. The number of rotatable bonds is 5. The average Bonchev–Trinajstić information content (AvgIpc) is 2.29. The fourth-order valence-electron chi connectivity index (χ4n) is 2.22. The second-order valence-corrected chi connectivity index (χ2v) is 4.54. The number of pyridine rings is 1. The van der Waals surface area contributed by atoms with Crippen LogP contribution in [-0.4, -0.2) is 23.0 Å². The lowest BCUT2D eigenvalue weighted by Gasteiger charge is -2.27. The third kappa shape index (κ3) is 3.00. The van der Waals surface area contributed by atoms with Gasteiger partial charge in [0.15, 0.2) is 0 Å². The van der Waals surface area contributed by atoms with Crippen LogP contribution in [0, 0.1) is 16.0 Å². The fourth-order valence-corrected chi connectivity index (χ4v) is 2.22. The van der Waals surface area contributed by atoms with Gasteiger partial charge in [-0.2, -0.15) is 0 Å². The molecule has 1 N–H and O–H groups in total. The van der Waals surface area contributed by atoms with E-state index in [0.29, 0.717) is 5.92 Å². The van der Waals surface area contributed by atoms with Gasteiger partial charge in [0.25, 0.3) is 5.69 Å². The first-order valence-corrected chi connectivity index (χ1v) is 5.74. The predicted molar refractivity (Wildman–Crippen MR) is 67.0 cm³/mol. The molecule has 2 atom stereocenters. The zero-order chi connectivity index (χ0) is 13.0. The van der Waals surface area contributed by atoms with Gasteiger partial charge < -0.3 is 5.32 Å². The molecule has 94 valence electrons. The molecule has 5 heteroatoms. The molecular weight excluding hydrogens is 218 g/mol.